The van der Waals surface area contributed by atoms with Crippen molar-refractivity contribution in [3.05, 3.63) is 59.9 Å². The van der Waals surface area contributed by atoms with Crippen molar-refractivity contribution in [2.75, 3.05) is 33.8 Å². The quantitative estimate of drug-likeness (QED) is 0.299. The van der Waals surface area contributed by atoms with Crippen LogP contribution in [0.15, 0.2) is 48.8 Å². The first-order valence-electron chi connectivity index (χ1n) is 11.1. The molecular weight excluding hydrogens is 438 g/mol. The van der Waals surface area contributed by atoms with E-state index in [1.54, 1.807) is 29.4 Å². The van der Waals surface area contributed by atoms with E-state index in [4.69, 9.17) is 14.2 Å². The number of benzene rings is 1. The number of fused-ring (bicyclic) bond motifs is 1. The number of ether oxygens (including phenoxy) is 3. The highest BCUT2D eigenvalue weighted by molar-refractivity contribution is 6.02. The number of amides is 1. The van der Waals surface area contributed by atoms with Crippen molar-refractivity contribution in [2.24, 2.45) is 0 Å². The van der Waals surface area contributed by atoms with Gasteiger partial charge in [-0.25, -0.2) is 9.59 Å². The molecule has 2 heterocycles. The van der Waals surface area contributed by atoms with E-state index in [1.165, 1.54) is 6.07 Å². The molecule has 0 radical (unpaired) electrons. The highest BCUT2D eigenvalue weighted by Gasteiger charge is 2.29. The first kappa shape index (κ1) is 24.9. The van der Waals surface area contributed by atoms with Gasteiger partial charge in [-0.3, -0.25) is 9.78 Å². The first-order chi connectivity index (χ1) is 16.4. The SMILES string of the molecule is CCCCOc1ccc(C(=O)N(CCN(C)C)Cc2cccnc2)c2c1OC(=O)/C=C\C(=O)O2. The second kappa shape index (κ2) is 11.9. The Bertz CT molecular complexity index is 1050. The third-order valence-corrected chi connectivity index (χ3v) is 5.02. The summed E-state index contributed by atoms with van der Waals surface area (Å²) in [5.41, 5.74) is 0.945. The predicted molar refractivity (Wildman–Crippen MR) is 125 cm³/mol. The van der Waals surface area contributed by atoms with Crippen LogP contribution in [0.5, 0.6) is 17.2 Å². The summed E-state index contributed by atoms with van der Waals surface area (Å²) in [6.45, 7) is 3.74. The summed E-state index contributed by atoms with van der Waals surface area (Å²) in [5.74, 6) is -1.92. The molecule has 1 amide bonds. The van der Waals surface area contributed by atoms with Gasteiger partial charge in [0.05, 0.1) is 12.2 Å². The second-order valence-corrected chi connectivity index (χ2v) is 8.04. The topological polar surface area (TPSA) is 98.3 Å². The Morgan fingerprint density at radius 3 is 2.41 bits per heavy atom. The number of unbranched alkanes of at least 4 members (excludes halogenated alkanes) is 1. The van der Waals surface area contributed by atoms with Gasteiger partial charge >= 0.3 is 11.9 Å². The van der Waals surface area contributed by atoms with Gasteiger partial charge < -0.3 is 24.0 Å². The standard InChI is InChI=1S/C25H29N3O6/c1-4-5-15-32-20-9-8-19(23-24(20)34-22(30)11-10-21(29)33-23)25(31)28(14-13-27(2)3)17-18-7-6-12-26-16-18/h6-12,16H,4-5,13-15,17H2,1-3H3/b11-10-. The molecule has 0 atom stereocenters. The number of rotatable bonds is 10. The van der Waals surface area contributed by atoms with Crippen LogP contribution in [0, 0.1) is 0 Å². The number of esters is 2. The fourth-order valence-corrected chi connectivity index (χ4v) is 3.21. The van der Waals surface area contributed by atoms with Crippen LogP contribution in [0.25, 0.3) is 0 Å². The number of pyridine rings is 1. The van der Waals surface area contributed by atoms with Gasteiger partial charge in [0.25, 0.3) is 5.91 Å². The van der Waals surface area contributed by atoms with Crippen molar-refractivity contribution >= 4 is 17.8 Å². The molecule has 0 saturated heterocycles. The van der Waals surface area contributed by atoms with Crippen LogP contribution >= 0.6 is 0 Å². The van der Waals surface area contributed by atoms with Gasteiger partial charge in [0.15, 0.2) is 11.5 Å². The van der Waals surface area contributed by atoms with Crippen LogP contribution < -0.4 is 14.2 Å². The molecule has 34 heavy (non-hydrogen) atoms. The number of carbonyl (C=O) groups is 3. The van der Waals surface area contributed by atoms with Crippen LogP contribution in [0.2, 0.25) is 0 Å². The highest BCUT2D eigenvalue weighted by Crippen LogP contribution is 2.42. The average Bonchev–Trinajstić information content (AvgIpc) is 2.81. The molecule has 1 aromatic carbocycles. The molecule has 0 saturated carbocycles. The van der Waals surface area contributed by atoms with Crippen LogP contribution in [-0.4, -0.2) is 66.4 Å². The van der Waals surface area contributed by atoms with Gasteiger partial charge in [-0.15, -0.1) is 0 Å². The number of aromatic nitrogens is 1. The zero-order valence-corrected chi connectivity index (χ0v) is 19.7. The lowest BCUT2D eigenvalue weighted by Crippen LogP contribution is -2.36. The van der Waals surface area contributed by atoms with E-state index >= 15 is 0 Å². The van der Waals surface area contributed by atoms with Crippen molar-refractivity contribution < 1.29 is 28.6 Å². The molecule has 0 unspecified atom stereocenters. The van der Waals surface area contributed by atoms with Crippen LogP contribution in [0.1, 0.15) is 35.7 Å². The maximum Gasteiger partial charge on any atom is 0.336 e. The lowest BCUT2D eigenvalue weighted by molar-refractivity contribution is -0.133. The number of hydrogen-bond acceptors (Lipinski definition) is 8. The third kappa shape index (κ3) is 6.64. The Kier molecular flexibility index (Phi) is 8.75. The van der Waals surface area contributed by atoms with Crippen molar-refractivity contribution in [2.45, 2.75) is 26.3 Å². The number of carbonyl (C=O) groups excluding carboxylic acids is 3. The normalized spacial score (nSPS) is 13.9. The summed E-state index contributed by atoms with van der Waals surface area (Å²) in [4.78, 5) is 45.9. The Balaban J connectivity index is 2.01. The van der Waals surface area contributed by atoms with Gasteiger partial charge in [0, 0.05) is 44.2 Å². The maximum absolute atomic E-state index is 13.7. The smallest absolute Gasteiger partial charge is 0.336 e. The molecule has 1 aliphatic heterocycles. The fraction of sp³-hybridized carbons (Fsp3) is 0.360. The summed E-state index contributed by atoms with van der Waals surface area (Å²) in [6, 6.07) is 6.77. The molecule has 0 N–H and O–H groups in total. The maximum atomic E-state index is 13.7. The zero-order chi connectivity index (χ0) is 24.5. The van der Waals surface area contributed by atoms with Crippen LogP contribution in [0.3, 0.4) is 0 Å². The van der Waals surface area contributed by atoms with Crippen molar-refractivity contribution in [3.8, 4) is 17.2 Å². The molecule has 0 spiro atoms. The van der Waals surface area contributed by atoms with Crippen molar-refractivity contribution in [3.63, 3.8) is 0 Å². The Morgan fingerprint density at radius 2 is 1.76 bits per heavy atom. The lowest BCUT2D eigenvalue weighted by atomic mass is 10.1. The van der Waals surface area contributed by atoms with Gasteiger partial charge in [0.1, 0.15) is 0 Å². The second-order valence-electron chi connectivity index (χ2n) is 8.04. The summed E-state index contributed by atoms with van der Waals surface area (Å²) >= 11 is 0. The molecule has 2 aromatic rings. The van der Waals surface area contributed by atoms with Crippen molar-refractivity contribution in [1.82, 2.24) is 14.8 Å². The van der Waals surface area contributed by atoms with E-state index in [1.807, 2.05) is 32.0 Å². The van der Waals surface area contributed by atoms with Gasteiger partial charge in [-0.1, -0.05) is 19.4 Å². The zero-order valence-electron chi connectivity index (χ0n) is 19.7. The Hall–Kier alpha value is -3.72. The average molecular weight is 468 g/mol. The van der Waals surface area contributed by atoms with E-state index in [9.17, 15) is 14.4 Å². The van der Waals surface area contributed by atoms with E-state index in [-0.39, 0.29) is 28.7 Å². The van der Waals surface area contributed by atoms with E-state index < -0.39 is 11.9 Å². The summed E-state index contributed by atoms with van der Waals surface area (Å²) in [6.07, 6.45) is 6.98. The molecule has 0 fully saturated rings. The van der Waals surface area contributed by atoms with Gasteiger partial charge in [-0.05, 0) is 44.3 Å². The minimum absolute atomic E-state index is 0.0846. The van der Waals surface area contributed by atoms with Crippen molar-refractivity contribution in [1.29, 1.82) is 0 Å². The molecule has 0 bridgehead atoms. The van der Waals surface area contributed by atoms with E-state index in [0.29, 0.717) is 26.2 Å². The van der Waals surface area contributed by atoms with E-state index in [2.05, 4.69) is 4.98 Å². The van der Waals surface area contributed by atoms with Crippen LogP contribution in [-0.2, 0) is 16.1 Å². The van der Waals surface area contributed by atoms with Gasteiger partial charge in [-0.2, -0.15) is 0 Å². The first-order valence-corrected chi connectivity index (χ1v) is 11.1. The molecule has 1 aliphatic rings. The number of nitrogens with zero attached hydrogens (tertiary/aromatic N) is 3. The Labute approximate surface area is 198 Å². The van der Waals surface area contributed by atoms with Crippen LogP contribution in [0.4, 0.5) is 0 Å². The summed E-state index contributed by atoms with van der Waals surface area (Å²) < 4.78 is 16.6. The molecule has 0 aliphatic carbocycles. The lowest BCUT2D eigenvalue weighted by Gasteiger charge is -2.26. The molecule has 9 nitrogen and oxygen atoms in total. The summed E-state index contributed by atoms with van der Waals surface area (Å²) in [5, 5.41) is 0. The molecule has 180 valence electrons. The Morgan fingerprint density at radius 1 is 1.03 bits per heavy atom. The molecule has 1 aromatic heterocycles. The van der Waals surface area contributed by atoms with E-state index in [0.717, 1.165) is 30.6 Å². The third-order valence-electron chi connectivity index (χ3n) is 5.02. The molecular formula is C25H29N3O6. The number of hydrogen-bond donors (Lipinski definition) is 0. The summed E-state index contributed by atoms with van der Waals surface area (Å²) in [7, 11) is 3.83. The monoisotopic (exact) mass is 467 g/mol. The minimum Gasteiger partial charge on any atom is -0.490 e. The molecule has 3 rings (SSSR count). The largest absolute Gasteiger partial charge is 0.490 e. The fourth-order valence-electron chi connectivity index (χ4n) is 3.21. The van der Waals surface area contributed by atoms with Gasteiger partial charge in [0.2, 0.25) is 5.75 Å². The molecule has 9 heteroatoms. The number of likely N-dealkylation sites (N-methyl/N-ethyl adjacent to an activating group) is 1. The predicted octanol–water partition coefficient (Wildman–Crippen LogP) is 2.85. The highest BCUT2D eigenvalue weighted by atomic mass is 16.6. The minimum atomic E-state index is -0.787.